The molecule has 112 valence electrons. The Bertz CT molecular complexity index is 774. The van der Waals surface area contributed by atoms with Gasteiger partial charge in [0, 0.05) is 22.2 Å². The average molecular weight is 354 g/mol. The zero-order valence-corrected chi connectivity index (χ0v) is 13.7. The monoisotopic (exact) mass is 352 g/mol. The van der Waals surface area contributed by atoms with E-state index in [-0.39, 0.29) is 5.91 Å². The molecule has 0 unspecified atom stereocenters. The van der Waals surface area contributed by atoms with E-state index in [9.17, 15) is 4.79 Å². The third kappa shape index (κ3) is 2.98. The number of rotatable bonds is 2. The maximum absolute atomic E-state index is 12.8. The third-order valence-electron chi connectivity index (χ3n) is 3.33. The molecule has 0 spiro atoms. The lowest BCUT2D eigenvalue weighted by Gasteiger charge is -2.19. The van der Waals surface area contributed by atoms with Crippen LogP contribution < -0.4 is 0 Å². The Hall–Kier alpha value is -1.55. The number of aliphatic imine (C=N–C) groups is 1. The zero-order chi connectivity index (χ0) is 15.7. The molecule has 2 aromatic carbocycles. The first-order valence-electron chi connectivity index (χ1n) is 6.63. The summed E-state index contributed by atoms with van der Waals surface area (Å²) in [6, 6.07) is 12.1. The lowest BCUT2D eigenvalue weighted by Crippen LogP contribution is -2.35. The summed E-state index contributed by atoms with van der Waals surface area (Å²) in [4.78, 5) is 18.8. The molecule has 0 aromatic heterocycles. The maximum Gasteiger partial charge on any atom is 0.261 e. The molecule has 0 fully saturated rings. The number of nitrogens with zero attached hydrogens (tertiary/aromatic N) is 2. The van der Waals surface area contributed by atoms with Crippen LogP contribution in [0.1, 0.15) is 15.9 Å². The van der Waals surface area contributed by atoms with Gasteiger partial charge in [0.05, 0.1) is 17.1 Å². The smallest absolute Gasteiger partial charge is 0.261 e. The van der Waals surface area contributed by atoms with Crippen LogP contribution in [-0.4, -0.2) is 29.7 Å². The number of carbonyl (C=O) groups excluding carboxylic acids is 1. The first kappa shape index (κ1) is 15.3. The van der Waals surface area contributed by atoms with Gasteiger partial charge in [0.25, 0.3) is 5.91 Å². The molecular formula is C16H11Cl3N2O. The second-order valence-electron chi connectivity index (χ2n) is 4.80. The Balaban J connectivity index is 1.96. The van der Waals surface area contributed by atoms with Gasteiger partial charge in [-0.2, -0.15) is 0 Å². The van der Waals surface area contributed by atoms with Gasteiger partial charge in [0.1, 0.15) is 5.84 Å². The van der Waals surface area contributed by atoms with Gasteiger partial charge in [-0.1, -0.05) is 46.9 Å². The SMILES string of the molecule is O=C(c1cc(Cl)ccc1Cl)N1CCN=C1c1cccc(Cl)c1. The van der Waals surface area contributed by atoms with Crippen molar-refractivity contribution in [3.63, 3.8) is 0 Å². The van der Waals surface area contributed by atoms with Crippen LogP contribution in [-0.2, 0) is 0 Å². The number of benzene rings is 2. The topological polar surface area (TPSA) is 32.7 Å². The minimum absolute atomic E-state index is 0.219. The van der Waals surface area contributed by atoms with E-state index in [0.29, 0.717) is 39.6 Å². The van der Waals surface area contributed by atoms with Crippen molar-refractivity contribution >= 4 is 46.5 Å². The van der Waals surface area contributed by atoms with Crippen molar-refractivity contribution in [1.82, 2.24) is 4.90 Å². The standard InChI is InChI=1S/C16H11Cl3N2O/c17-11-3-1-2-10(8-11)15-20-6-7-21(15)16(22)13-9-12(18)4-5-14(13)19/h1-5,8-9H,6-7H2. The first-order valence-corrected chi connectivity index (χ1v) is 7.77. The van der Waals surface area contributed by atoms with Gasteiger partial charge in [-0.25, -0.2) is 0 Å². The summed E-state index contributed by atoms with van der Waals surface area (Å²) in [6.07, 6.45) is 0. The van der Waals surface area contributed by atoms with Crippen molar-refractivity contribution in [2.45, 2.75) is 0 Å². The molecule has 3 nitrogen and oxygen atoms in total. The molecule has 0 saturated heterocycles. The number of carbonyl (C=O) groups is 1. The van der Waals surface area contributed by atoms with Crippen LogP contribution in [0.25, 0.3) is 0 Å². The lowest BCUT2D eigenvalue weighted by atomic mass is 10.1. The Morgan fingerprint density at radius 2 is 1.82 bits per heavy atom. The van der Waals surface area contributed by atoms with Crippen LogP contribution in [0.2, 0.25) is 15.1 Å². The molecule has 3 rings (SSSR count). The number of halogens is 3. The van der Waals surface area contributed by atoms with E-state index in [1.54, 1.807) is 35.2 Å². The quantitative estimate of drug-likeness (QED) is 0.779. The predicted octanol–water partition coefficient (Wildman–Crippen LogP) is 4.55. The highest BCUT2D eigenvalue weighted by molar-refractivity contribution is 6.36. The summed E-state index contributed by atoms with van der Waals surface area (Å²) in [6.45, 7) is 1.05. The van der Waals surface area contributed by atoms with Crippen molar-refractivity contribution < 1.29 is 4.79 Å². The van der Waals surface area contributed by atoms with E-state index in [1.165, 1.54) is 0 Å². The van der Waals surface area contributed by atoms with Crippen molar-refractivity contribution in [2.75, 3.05) is 13.1 Å². The molecule has 1 aliphatic rings. The van der Waals surface area contributed by atoms with Gasteiger partial charge < -0.3 is 0 Å². The average Bonchev–Trinajstić information content (AvgIpc) is 2.98. The highest BCUT2D eigenvalue weighted by Crippen LogP contribution is 2.24. The highest BCUT2D eigenvalue weighted by Gasteiger charge is 2.27. The first-order chi connectivity index (χ1) is 10.6. The summed E-state index contributed by atoms with van der Waals surface area (Å²) in [5.74, 6) is 0.382. The lowest BCUT2D eigenvalue weighted by molar-refractivity contribution is 0.0858. The molecule has 1 heterocycles. The molecular weight excluding hydrogens is 343 g/mol. The van der Waals surface area contributed by atoms with Gasteiger partial charge in [-0.3, -0.25) is 14.7 Å². The molecule has 0 bridgehead atoms. The molecule has 1 amide bonds. The summed E-state index contributed by atoms with van der Waals surface area (Å²) in [7, 11) is 0. The fourth-order valence-corrected chi connectivity index (χ4v) is 2.89. The number of hydrogen-bond donors (Lipinski definition) is 0. The second kappa shape index (κ2) is 6.29. The van der Waals surface area contributed by atoms with Gasteiger partial charge in [-0.15, -0.1) is 0 Å². The van der Waals surface area contributed by atoms with Crippen molar-refractivity contribution in [2.24, 2.45) is 4.99 Å². The van der Waals surface area contributed by atoms with E-state index in [0.717, 1.165) is 5.56 Å². The summed E-state index contributed by atoms with van der Waals surface area (Å²) < 4.78 is 0. The molecule has 6 heteroatoms. The normalized spacial score (nSPS) is 14.1. The summed E-state index contributed by atoms with van der Waals surface area (Å²) in [5.41, 5.74) is 1.17. The maximum atomic E-state index is 12.8. The molecule has 0 N–H and O–H groups in total. The number of amidine groups is 1. The van der Waals surface area contributed by atoms with E-state index in [1.807, 2.05) is 12.1 Å². The highest BCUT2D eigenvalue weighted by atomic mass is 35.5. The predicted molar refractivity (Wildman–Crippen MR) is 90.4 cm³/mol. The van der Waals surface area contributed by atoms with Crippen LogP contribution >= 0.6 is 34.8 Å². The van der Waals surface area contributed by atoms with Crippen LogP contribution in [0.15, 0.2) is 47.5 Å². The van der Waals surface area contributed by atoms with Crippen LogP contribution in [0.3, 0.4) is 0 Å². The van der Waals surface area contributed by atoms with Gasteiger partial charge >= 0.3 is 0 Å². The van der Waals surface area contributed by atoms with Gasteiger partial charge in [-0.05, 0) is 30.3 Å². The molecule has 2 aromatic rings. The summed E-state index contributed by atoms with van der Waals surface area (Å²) >= 11 is 18.1. The van der Waals surface area contributed by atoms with E-state index >= 15 is 0 Å². The van der Waals surface area contributed by atoms with Crippen molar-refractivity contribution in [3.8, 4) is 0 Å². The number of hydrogen-bond acceptors (Lipinski definition) is 2. The molecule has 0 aliphatic carbocycles. The van der Waals surface area contributed by atoms with Gasteiger partial charge in [0.15, 0.2) is 0 Å². The Kier molecular flexibility index (Phi) is 4.39. The Morgan fingerprint density at radius 3 is 2.59 bits per heavy atom. The van der Waals surface area contributed by atoms with E-state index in [2.05, 4.69) is 4.99 Å². The van der Waals surface area contributed by atoms with E-state index in [4.69, 9.17) is 34.8 Å². The second-order valence-corrected chi connectivity index (χ2v) is 6.08. The Labute approximate surface area is 143 Å². The summed E-state index contributed by atoms with van der Waals surface area (Å²) in [5, 5.41) is 1.43. The minimum atomic E-state index is -0.219. The van der Waals surface area contributed by atoms with Crippen molar-refractivity contribution in [3.05, 3.63) is 68.7 Å². The largest absolute Gasteiger partial charge is 0.291 e. The molecule has 0 saturated carbocycles. The van der Waals surface area contributed by atoms with Crippen LogP contribution in [0.4, 0.5) is 0 Å². The van der Waals surface area contributed by atoms with Gasteiger partial charge in [0.2, 0.25) is 0 Å². The number of amides is 1. The molecule has 0 radical (unpaired) electrons. The minimum Gasteiger partial charge on any atom is -0.291 e. The fourth-order valence-electron chi connectivity index (χ4n) is 2.33. The molecule has 1 aliphatic heterocycles. The zero-order valence-electron chi connectivity index (χ0n) is 11.4. The third-order valence-corrected chi connectivity index (χ3v) is 4.13. The molecule has 22 heavy (non-hydrogen) atoms. The Morgan fingerprint density at radius 1 is 1.05 bits per heavy atom. The van der Waals surface area contributed by atoms with Crippen LogP contribution in [0.5, 0.6) is 0 Å². The van der Waals surface area contributed by atoms with Crippen molar-refractivity contribution in [1.29, 1.82) is 0 Å². The van der Waals surface area contributed by atoms with Crippen LogP contribution in [0, 0.1) is 0 Å². The van der Waals surface area contributed by atoms with E-state index < -0.39 is 0 Å². The fraction of sp³-hybridized carbons (Fsp3) is 0.125. The molecule has 0 atom stereocenters.